The van der Waals surface area contributed by atoms with Gasteiger partial charge >= 0.3 is 5.97 Å². The molecule has 0 aliphatic carbocycles. The van der Waals surface area contributed by atoms with Gasteiger partial charge in [0.25, 0.3) is 0 Å². The molecule has 1 amide bonds. The average molecular weight is 233 g/mol. The number of rotatable bonds is 7. The number of carbonyl (C=O) groups is 2. The summed E-state index contributed by atoms with van der Waals surface area (Å²) in [6, 6.07) is 0. The highest BCUT2D eigenvalue weighted by molar-refractivity contribution is 7.99. The lowest BCUT2D eigenvalue weighted by atomic mass is 10.2. The lowest BCUT2D eigenvalue weighted by Gasteiger charge is -2.08. The van der Waals surface area contributed by atoms with Gasteiger partial charge in [-0.1, -0.05) is 13.8 Å². The quantitative estimate of drug-likeness (QED) is 0.668. The number of hydrogen-bond donors (Lipinski definition) is 1. The van der Waals surface area contributed by atoms with Crippen molar-refractivity contribution in [1.29, 1.82) is 0 Å². The highest BCUT2D eigenvalue weighted by Gasteiger charge is 2.13. The van der Waals surface area contributed by atoms with Crippen LogP contribution < -0.4 is 5.32 Å². The van der Waals surface area contributed by atoms with E-state index in [-0.39, 0.29) is 17.8 Å². The van der Waals surface area contributed by atoms with E-state index >= 15 is 0 Å². The molecule has 0 aromatic rings. The topological polar surface area (TPSA) is 55.4 Å². The van der Waals surface area contributed by atoms with Crippen LogP contribution >= 0.6 is 11.8 Å². The predicted molar refractivity (Wildman–Crippen MR) is 61.8 cm³/mol. The smallest absolute Gasteiger partial charge is 0.309 e. The molecule has 0 aliphatic rings. The van der Waals surface area contributed by atoms with Gasteiger partial charge in [0, 0.05) is 12.3 Å². The molecule has 0 saturated heterocycles. The average Bonchev–Trinajstić information content (AvgIpc) is 2.24. The number of amides is 1. The van der Waals surface area contributed by atoms with E-state index in [0.717, 1.165) is 6.42 Å². The molecule has 0 aliphatic heterocycles. The van der Waals surface area contributed by atoms with Gasteiger partial charge in [0.05, 0.1) is 18.8 Å². The van der Waals surface area contributed by atoms with Gasteiger partial charge < -0.3 is 10.1 Å². The summed E-state index contributed by atoms with van der Waals surface area (Å²) >= 11 is 1.45. The van der Waals surface area contributed by atoms with Crippen molar-refractivity contribution in [2.24, 2.45) is 5.92 Å². The molecule has 0 spiro atoms. The molecule has 1 unspecified atom stereocenters. The molecule has 5 heteroatoms. The first-order valence-electron chi connectivity index (χ1n) is 5.04. The summed E-state index contributed by atoms with van der Waals surface area (Å²) in [6.45, 7) is 4.52. The SMILES string of the molecule is CCCNC(=O)CSCC(C)C(=O)OC. The van der Waals surface area contributed by atoms with E-state index in [0.29, 0.717) is 18.1 Å². The van der Waals surface area contributed by atoms with Crippen LogP contribution in [0.4, 0.5) is 0 Å². The van der Waals surface area contributed by atoms with Crippen molar-refractivity contribution in [1.82, 2.24) is 5.32 Å². The van der Waals surface area contributed by atoms with E-state index in [1.807, 2.05) is 6.92 Å². The summed E-state index contributed by atoms with van der Waals surface area (Å²) in [5, 5.41) is 2.77. The monoisotopic (exact) mass is 233 g/mol. The molecule has 0 bridgehead atoms. The molecular weight excluding hydrogens is 214 g/mol. The zero-order valence-electron chi connectivity index (χ0n) is 9.54. The predicted octanol–water partition coefficient (Wildman–Crippen LogP) is 1.05. The summed E-state index contributed by atoms with van der Waals surface area (Å²) < 4.78 is 4.58. The summed E-state index contributed by atoms with van der Waals surface area (Å²) in [5.74, 6) is 0.669. The first-order valence-corrected chi connectivity index (χ1v) is 6.19. The summed E-state index contributed by atoms with van der Waals surface area (Å²) in [6.07, 6.45) is 0.939. The van der Waals surface area contributed by atoms with E-state index in [2.05, 4.69) is 10.1 Å². The lowest BCUT2D eigenvalue weighted by molar-refractivity contribution is -0.144. The second kappa shape index (κ2) is 8.59. The maximum atomic E-state index is 11.2. The fraction of sp³-hybridized carbons (Fsp3) is 0.800. The van der Waals surface area contributed by atoms with Crippen molar-refractivity contribution >= 4 is 23.6 Å². The maximum absolute atomic E-state index is 11.2. The number of esters is 1. The van der Waals surface area contributed by atoms with E-state index in [4.69, 9.17) is 0 Å². The molecule has 0 heterocycles. The Hall–Kier alpha value is -0.710. The Kier molecular flexibility index (Phi) is 8.18. The molecule has 1 N–H and O–H groups in total. The van der Waals surface area contributed by atoms with Gasteiger partial charge in [0.15, 0.2) is 0 Å². The number of hydrogen-bond acceptors (Lipinski definition) is 4. The number of thioether (sulfide) groups is 1. The van der Waals surface area contributed by atoms with Crippen molar-refractivity contribution in [3.8, 4) is 0 Å². The van der Waals surface area contributed by atoms with Gasteiger partial charge in [0.2, 0.25) is 5.91 Å². The fourth-order valence-corrected chi connectivity index (χ4v) is 1.81. The van der Waals surface area contributed by atoms with Gasteiger partial charge in [-0.25, -0.2) is 0 Å². The van der Waals surface area contributed by atoms with Gasteiger partial charge in [-0.05, 0) is 6.42 Å². The minimum absolute atomic E-state index is 0.0268. The molecule has 0 aromatic heterocycles. The molecule has 4 nitrogen and oxygen atoms in total. The number of ether oxygens (including phenoxy) is 1. The van der Waals surface area contributed by atoms with Crippen molar-refractivity contribution in [2.75, 3.05) is 25.2 Å². The van der Waals surface area contributed by atoms with Crippen LogP contribution in [-0.2, 0) is 14.3 Å². The molecule has 15 heavy (non-hydrogen) atoms. The van der Waals surface area contributed by atoms with Crippen LogP contribution in [0.1, 0.15) is 20.3 Å². The van der Waals surface area contributed by atoms with Gasteiger partial charge in [-0.2, -0.15) is 11.8 Å². The highest BCUT2D eigenvalue weighted by atomic mass is 32.2. The van der Waals surface area contributed by atoms with Crippen molar-refractivity contribution in [3.05, 3.63) is 0 Å². The Morgan fingerprint density at radius 2 is 2.13 bits per heavy atom. The largest absolute Gasteiger partial charge is 0.469 e. The summed E-state index contributed by atoms with van der Waals surface area (Å²) in [4.78, 5) is 22.2. The molecule has 0 saturated carbocycles. The first kappa shape index (κ1) is 14.3. The van der Waals surface area contributed by atoms with E-state index < -0.39 is 0 Å². The molecule has 0 rings (SSSR count). The van der Waals surface area contributed by atoms with Crippen molar-refractivity contribution < 1.29 is 14.3 Å². The van der Waals surface area contributed by atoms with Gasteiger partial charge in [-0.15, -0.1) is 0 Å². The Morgan fingerprint density at radius 1 is 1.47 bits per heavy atom. The second-order valence-corrected chi connectivity index (χ2v) is 4.32. The molecule has 1 atom stereocenters. The minimum Gasteiger partial charge on any atom is -0.469 e. The Bertz CT molecular complexity index is 209. The first-order chi connectivity index (χ1) is 7.11. The molecule has 88 valence electrons. The van der Waals surface area contributed by atoms with Crippen LogP contribution in [0.15, 0.2) is 0 Å². The second-order valence-electron chi connectivity index (χ2n) is 3.29. The van der Waals surface area contributed by atoms with E-state index in [1.165, 1.54) is 18.9 Å². The van der Waals surface area contributed by atoms with E-state index in [1.54, 1.807) is 6.92 Å². The molecular formula is C10H19NO3S. The third-order valence-electron chi connectivity index (χ3n) is 1.78. The van der Waals surface area contributed by atoms with Crippen LogP contribution in [0.25, 0.3) is 0 Å². The fourth-order valence-electron chi connectivity index (χ4n) is 0.913. The standard InChI is InChI=1S/C10H19NO3S/c1-4-5-11-9(12)7-15-6-8(2)10(13)14-3/h8H,4-7H2,1-3H3,(H,11,12). The van der Waals surface area contributed by atoms with Crippen LogP contribution in [0, 0.1) is 5.92 Å². The minimum atomic E-state index is -0.225. The van der Waals surface area contributed by atoms with Crippen LogP contribution in [0.2, 0.25) is 0 Å². The van der Waals surface area contributed by atoms with Gasteiger partial charge in [-0.3, -0.25) is 9.59 Å². The third kappa shape index (κ3) is 7.25. The number of nitrogens with one attached hydrogen (secondary N) is 1. The third-order valence-corrected chi connectivity index (χ3v) is 2.98. The molecule has 0 fully saturated rings. The Labute approximate surface area is 95.1 Å². The molecule has 0 radical (unpaired) electrons. The van der Waals surface area contributed by atoms with Crippen LogP contribution in [-0.4, -0.2) is 37.0 Å². The number of carbonyl (C=O) groups excluding carboxylic acids is 2. The van der Waals surface area contributed by atoms with Crippen molar-refractivity contribution in [3.63, 3.8) is 0 Å². The van der Waals surface area contributed by atoms with E-state index in [9.17, 15) is 9.59 Å². The maximum Gasteiger partial charge on any atom is 0.309 e. The summed E-state index contributed by atoms with van der Waals surface area (Å²) in [7, 11) is 1.37. The normalized spacial score (nSPS) is 11.9. The zero-order valence-corrected chi connectivity index (χ0v) is 10.4. The van der Waals surface area contributed by atoms with Crippen LogP contribution in [0.5, 0.6) is 0 Å². The Balaban J connectivity index is 3.52. The number of methoxy groups -OCH3 is 1. The van der Waals surface area contributed by atoms with Crippen molar-refractivity contribution in [2.45, 2.75) is 20.3 Å². The zero-order chi connectivity index (χ0) is 11.7. The summed E-state index contributed by atoms with van der Waals surface area (Å²) in [5.41, 5.74) is 0. The van der Waals surface area contributed by atoms with Gasteiger partial charge in [0.1, 0.15) is 0 Å². The molecule has 0 aromatic carbocycles. The van der Waals surface area contributed by atoms with Crippen LogP contribution in [0.3, 0.4) is 0 Å². The Morgan fingerprint density at radius 3 is 2.67 bits per heavy atom. The lowest BCUT2D eigenvalue weighted by Crippen LogP contribution is -2.26. The highest BCUT2D eigenvalue weighted by Crippen LogP contribution is 2.09.